The fraction of sp³-hybridized carbons (Fsp3) is 0.250. The Balaban J connectivity index is 1.61. The third-order valence-corrected chi connectivity index (χ3v) is 4.99. The Hall–Kier alpha value is -3.14. The molecule has 1 aliphatic rings. The van der Waals surface area contributed by atoms with Gasteiger partial charge in [-0.2, -0.15) is 0 Å². The summed E-state index contributed by atoms with van der Waals surface area (Å²) in [5.41, 5.74) is 1.99. The van der Waals surface area contributed by atoms with E-state index < -0.39 is 0 Å². The predicted molar refractivity (Wildman–Crippen MR) is 113 cm³/mol. The van der Waals surface area contributed by atoms with Crippen LogP contribution >= 0.6 is 0 Å². The summed E-state index contributed by atoms with van der Waals surface area (Å²) in [6.07, 6.45) is 6.90. The SMILES string of the molecule is C[C@@H]1CN(C(=O)/C=C/c2ccccc2)[C@@H](C)CN1C(=O)/C=C/c1ccccc1. The summed E-state index contributed by atoms with van der Waals surface area (Å²) in [5.74, 6) is -0.0368. The number of hydrogen-bond donors (Lipinski definition) is 0. The lowest BCUT2D eigenvalue weighted by Crippen LogP contribution is -2.59. The van der Waals surface area contributed by atoms with E-state index in [9.17, 15) is 9.59 Å². The highest BCUT2D eigenvalue weighted by Crippen LogP contribution is 2.17. The Kier molecular flexibility index (Phi) is 6.43. The van der Waals surface area contributed by atoms with Crippen molar-refractivity contribution in [1.29, 1.82) is 0 Å². The molecule has 1 heterocycles. The molecule has 2 atom stereocenters. The summed E-state index contributed by atoms with van der Waals surface area (Å²) in [6, 6.07) is 19.5. The number of carbonyl (C=O) groups excluding carboxylic acids is 2. The molecule has 0 spiro atoms. The Bertz CT molecular complexity index is 785. The Morgan fingerprint density at radius 1 is 0.714 bits per heavy atom. The van der Waals surface area contributed by atoms with Crippen LogP contribution in [-0.4, -0.2) is 46.8 Å². The van der Waals surface area contributed by atoms with E-state index in [1.807, 2.05) is 96.5 Å². The quantitative estimate of drug-likeness (QED) is 0.763. The van der Waals surface area contributed by atoms with Crippen molar-refractivity contribution in [3.63, 3.8) is 0 Å². The third kappa shape index (κ3) is 4.97. The number of amides is 2. The van der Waals surface area contributed by atoms with Crippen LogP contribution in [-0.2, 0) is 9.59 Å². The monoisotopic (exact) mass is 374 g/mol. The maximum Gasteiger partial charge on any atom is 0.246 e. The largest absolute Gasteiger partial charge is 0.333 e. The van der Waals surface area contributed by atoms with Gasteiger partial charge in [-0.05, 0) is 37.1 Å². The van der Waals surface area contributed by atoms with E-state index in [0.717, 1.165) is 11.1 Å². The molecule has 4 nitrogen and oxygen atoms in total. The molecule has 2 amide bonds. The second kappa shape index (κ2) is 9.18. The highest BCUT2D eigenvalue weighted by molar-refractivity contribution is 5.94. The van der Waals surface area contributed by atoms with Crippen molar-refractivity contribution < 1.29 is 9.59 Å². The fourth-order valence-corrected chi connectivity index (χ4v) is 3.40. The third-order valence-electron chi connectivity index (χ3n) is 4.99. The van der Waals surface area contributed by atoms with Gasteiger partial charge in [0.1, 0.15) is 0 Å². The molecule has 1 saturated heterocycles. The molecule has 2 aromatic carbocycles. The topological polar surface area (TPSA) is 40.6 Å². The average molecular weight is 374 g/mol. The lowest BCUT2D eigenvalue weighted by molar-refractivity contribution is -0.139. The Morgan fingerprint density at radius 3 is 1.43 bits per heavy atom. The van der Waals surface area contributed by atoms with Gasteiger partial charge in [-0.1, -0.05) is 60.7 Å². The van der Waals surface area contributed by atoms with Crippen molar-refractivity contribution >= 4 is 24.0 Å². The highest BCUT2D eigenvalue weighted by atomic mass is 16.2. The molecular weight excluding hydrogens is 348 g/mol. The number of nitrogens with zero attached hydrogens (tertiary/aromatic N) is 2. The average Bonchev–Trinajstić information content (AvgIpc) is 2.73. The zero-order valence-corrected chi connectivity index (χ0v) is 16.4. The standard InChI is InChI=1S/C24H26N2O2/c1-19-17-26(24(28)16-14-22-11-7-4-8-12-22)20(2)18-25(19)23(27)15-13-21-9-5-3-6-10-21/h3-16,19-20H,17-18H2,1-2H3/b15-13+,16-14+/t19-,20+. The van der Waals surface area contributed by atoms with Crippen molar-refractivity contribution in [2.45, 2.75) is 25.9 Å². The van der Waals surface area contributed by atoms with Gasteiger partial charge in [0.05, 0.1) is 0 Å². The first-order chi connectivity index (χ1) is 13.5. The summed E-state index contributed by atoms with van der Waals surface area (Å²) in [7, 11) is 0. The molecule has 28 heavy (non-hydrogen) atoms. The molecule has 0 bridgehead atoms. The van der Waals surface area contributed by atoms with Gasteiger partial charge >= 0.3 is 0 Å². The molecule has 0 aromatic heterocycles. The first-order valence-electron chi connectivity index (χ1n) is 9.62. The van der Waals surface area contributed by atoms with Crippen molar-refractivity contribution in [3.05, 3.63) is 83.9 Å². The minimum Gasteiger partial charge on any atom is -0.333 e. The summed E-state index contributed by atoms with van der Waals surface area (Å²) in [5, 5.41) is 0. The van der Waals surface area contributed by atoms with Gasteiger partial charge in [-0.3, -0.25) is 9.59 Å². The maximum absolute atomic E-state index is 12.6. The molecule has 0 unspecified atom stereocenters. The van der Waals surface area contributed by atoms with Crippen molar-refractivity contribution in [3.8, 4) is 0 Å². The molecule has 1 aliphatic heterocycles. The predicted octanol–water partition coefficient (Wildman–Crippen LogP) is 3.86. The molecule has 1 fully saturated rings. The maximum atomic E-state index is 12.6. The van der Waals surface area contributed by atoms with Crippen molar-refractivity contribution in [2.75, 3.05) is 13.1 Å². The summed E-state index contributed by atoms with van der Waals surface area (Å²) >= 11 is 0. The number of hydrogen-bond acceptors (Lipinski definition) is 2. The van der Waals surface area contributed by atoms with E-state index in [4.69, 9.17) is 0 Å². The van der Waals surface area contributed by atoms with Crippen LogP contribution in [0, 0.1) is 0 Å². The molecule has 144 valence electrons. The van der Waals surface area contributed by atoms with Crippen LogP contribution in [0.15, 0.2) is 72.8 Å². The Morgan fingerprint density at radius 2 is 1.07 bits per heavy atom. The second-order valence-corrected chi connectivity index (χ2v) is 7.17. The van der Waals surface area contributed by atoms with Crippen LogP contribution in [0.1, 0.15) is 25.0 Å². The minimum atomic E-state index is -0.0294. The van der Waals surface area contributed by atoms with Gasteiger partial charge in [0.15, 0.2) is 0 Å². The summed E-state index contributed by atoms with van der Waals surface area (Å²) in [4.78, 5) is 29.0. The van der Waals surface area contributed by atoms with E-state index in [1.165, 1.54) is 0 Å². The van der Waals surface area contributed by atoms with Crippen molar-refractivity contribution in [2.24, 2.45) is 0 Å². The normalized spacial score (nSPS) is 20.1. The second-order valence-electron chi connectivity index (χ2n) is 7.17. The number of carbonyl (C=O) groups is 2. The van der Waals surface area contributed by atoms with Gasteiger partial charge in [0, 0.05) is 37.3 Å². The van der Waals surface area contributed by atoms with Crippen molar-refractivity contribution in [1.82, 2.24) is 9.80 Å². The molecular formula is C24H26N2O2. The first-order valence-corrected chi connectivity index (χ1v) is 9.62. The molecule has 0 N–H and O–H groups in total. The Labute approximate surface area is 166 Å². The van der Waals surface area contributed by atoms with E-state index in [1.54, 1.807) is 12.2 Å². The minimum absolute atomic E-state index is 0.0184. The molecule has 2 aromatic rings. The number of piperazine rings is 1. The lowest BCUT2D eigenvalue weighted by Gasteiger charge is -2.43. The van der Waals surface area contributed by atoms with Gasteiger partial charge in [0.2, 0.25) is 11.8 Å². The van der Waals surface area contributed by atoms with E-state index in [-0.39, 0.29) is 23.9 Å². The first kappa shape index (κ1) is 19.6. The molecule has 4 heteroatoms. The van der Waals surface area contributed by atoms with Crippen LogP contribution in [0.3, 0.4) is 0 Å². The van der Waals surface area contributed by atoms with Gasteiger partial charge in [-0.25, -0.2) is 0 Å². The molecule has 0 saturated carbocycles. The number of rotatable bonds is 4. The van der Waals surface area contributed by atoms with Crippen LogP contribution in [0.25, 0.3) is 12.2 Å². The van der Waals surface area contributed by atoms with E-state index >= 15 is 0 Å². The van der Waals surface area contributed by atoms with Crippen LogP contribution in [0.4, 0.5) is 0 Å². The lowest BCUT2D eigenvalue weighted by atomic mass is 10.1. The molecule has 0 radical (unpaired) electrons. The zero-order valence-electron chi connectivity index (χ0n) is 16.4. The van der Waals surface area contributed by atoms with Crippen LogP contribution < -0.4 is 0 Å². The number of benzene rings is 2. The van der Waals surface area contributed by atoms with Crippen LogP contribution in [0.2, 0.25) is 0 Å². The highest BCUT2D eigenvalue weighted by Gasteiger charge is 2.32. The smallest absolute Gasteiger partial charge is 0.246 e. The molecule has 0 aliphatic carbocycles. The van der Waals surface area contributed by atoms with Gasteiger partial charge in [-0.15, -0.1) is 0 Å². The van der Waals surface area contributed by atoms with Gasteiger partial charge < -0.3 is 9.80 Å². The summed E-state index contributed by atoms with van der Waals surface area (Å²) < 4.78 is 0. The van der Waals surface area contributed by atoms with Crippen LogP contribution in [0.5, 0.6) is 0 Å². The fourth-order valence-electron chi connectivity index (χ4n) is 3.40. The van der Waals surface area contributed by atoms with Gasteiger partial charge in [0.25, 0.3) is 0 Å². The zero-order chi connectivity index (χ0) is 19.9. The molecule has 3 rings (SSSR count). The van der Waals surface area contributed by atoms with E-state index in [2.05, 4.69) is 0 Å². The summed E-state index contributed by atoms with van der Waals surface area (Å²) in [6.45, 7) is 5.04. The van der Waals surface area contributed by atoms with E-state index in [0.29, 0.717) is 13.1 Å².